The van der Waals surface area contributed by atoms with Crippen molar-refractivity contribution < 1.29 is 18.8 Å². The van der Waals surface area contributed by atoms with Crippen molar-refractivity contribution in [3.8, 4) is 29.2 Å². The molecule has 0 saturated carbocycles. The number of aromatic nitrogens is 2. The Morgan fingerprint density at radius 3 is 2.67 bits per heavy atom. The molecule has 0 bridgehead atoms. The van der Waals surface area contributed by atoms with Crippen LogP contribution in [0.15, 0.2) is 48.7 Å². The van der Waals surface area contributed by atoms with E-state index in [1.54, 1.807) is 55.8 Å². The number of anilines is 3. The van der Waals surface area contributed by atoms with Crippen molar-refractivity contribution in [2.75, 3.05) is 51.7 Å². The Morgan fingerprint density at radius 2 is 1.97 bits per heavy atom. The van der Waals surface area contributed by atoms with E-state index < -0.39 is 13.0 Å². The molecule has 0 aliphatic carbocycles. The number of carbonyl (C=O) groups is 1. The number of rotatable bonds is 8. The van der Waals surface area contributed by atoms with E-state index in [4.69, 9.17) is 21.1 Å². The number of carbonyl (C=O) groups excluding carboxylic acids is 1. The Hall–Kier alpha value is -3.57. The molecule has 9 nitrogen and oxygen atoms in total. The molecule has 36 heavy (non-hydrogen) atoms. The lowest BCUT2D eigenvalue weighted by molar-refractivity contribution is -0.111. The predicted octanol–water partition coefficient (Wildman–Crippen LogP) is 4.43. The molecule has 0 fully saturated rings. The van der Waals surface area contributed by atoms with Crippen LogP contribution >= 0.6 is 18.7 Å². The van der Waals surface area contributed by atoms with Gasteiger partial charge >= 0.3 is 0 Å². The summed E-state index contributed by atoms with van der Waals surface area (Å²) in [5.41, 5.74) is 1.09. The zero-order valence-corrected chi connectivity index (χ0v) is 22.3. The maximum atomic E-state index is 12.4. The lowest BCUT2D eigenvalue weighted by Crippen LogP contribution is -2.13. The number of benzene rings is 2. The molecule has 2 N–H and O–H groups in total. The van der Waals surface area contributed by atoms with Gasteiger partial charge < -0.3 is 24.7 Å². The van der Waals surface area contributed by atoms with Gasteiger partial charge in [0.1, 0.15) is 23.7 Å². The van der Waals surface area contributed by atoms with Crippen molar-refractivity contribution in [3.05, 3.63) is 53.7 Å². The highest BCUT2D eigenvalue weighted by atomic mass is 35.5. The highest BCUT2D eigenvalue weighted by Gasteiger charge is 2.16. The summed E-state index contributed by atoms with van der Waals surface area (Å²) in [5, 5.41) is 6.67. The van der Waals surface area contributed by atoms with E-state index in [2.05, 4.69) is 32.4 Å². The Bertz CT molecular complexity index is 1360. The van der Waals surface area contributed by atoms with Gasteiger partial charge in [-0.3, -0.25) is 9.69 Å². The SMILES string of the molecule is COc1cc(P(C)(C)=O)ccc1Nc1ncc(Cl)c(Oc2cccc(NC(=O)C#CCN(C)C)c2)n1. The average molecular weight is 528 g/mol. The normalized spacial score (nSPS) is 10.9. The third kappa shape index (κ3) is 7.72. The minimum Gasteiger partial charge on any atom is -0.495 e. The first-order valence-electron chi connectivity index (χ1n) is 10.8. The Balaban J connectivity index is 1.77. The van der Waals surface area contributed by atoms with Crippen LogP contribution in [0.5, 0.6) is 17.4 Å². The van der Waals surface area contributed by atoms with Gasteiger partial charge in [-0.2, -0.15) is 4.98 Å². The van der Waals surface area contributed by atoms with Gasteiger partial charge in [-0.1, -0.05) is 23.6 Å². The molecule has 0 aliphatic heterocycles. The van der Waals surface area contributed by atoms with Crippen molar-refractivity contribution in [2.45, 2.75) is 0 Å². The lowest BCUT2D eigenvalue weighted by Gasteiger charge is -2.14. The van der Waals surface area contributed by atoms with Crippen molar-refractivity contribution in [1.82, 2.24) is 14.9 Å². The molecule has 0 spiro atoms. The molecule has 0 atom stereocenters. The van der Waals surface area contributed by atoms with Crippen LogP contribution in [0.2, 0.25) is 5.02 Å². The number of ether oxygens (including phenoxy) is 2. The third-order valence-electron chi connectivity index (χ3n) is 4.67. The molecule has 1 aromatic heterocycles. The smallest absolute Gasteiger partial charge is 0.300 e. The van der Waals surface area contributed by atoms with Crippen LogP contribution in [-0.4, -0.2) is 61.9 Å². The highest BCUT2D eigenvalue weighted by Crippen LogP contribution is 2.38. The van der Waals surface area contributed by atoms with Crippen LogP contribution in [0.25, 0.3) is 0 Å². The molecule has 1 heterocycles. The minimum atomic E-state index is -2.45. The lowest BCUT2D eigenvalue weighted by atomic mass is 10.3. The molecular formula is C25H27ClN5O4P. The fourth-order valence-electron chi connectivity index (χ4n) is 2.91. The van der Waals surface area contributed by atoms with E-state index in [0.717, 1.165) is 0 Å². The fraction of sp³-hybridized carbons (Fsp3) is 0.240. The first-order chi connectivity index (χ1) is 17.0. The molecule has 0 radical (unpaired) electrons. The monoisotopic (exact) mass is 527 g/mol. The maximum Gasteiger partial charge on any atom is 0.300 e. The van der Waals surface area contributed by atoms with Crippen molar-refractivity contribution in [1.29, 1.82) is 0 Å². The molecule has 0 saturated heterocycles. The fourth-order valence-corrected chi connectivity index (χ4v) is 3.90. The van der Waals surface area contributed by atoms with Crippen LogP contribution in [-0.2, 0) is 9.36 Å². The summed E-state index contributed by atoms with van der Waals surface area (Å²) in [6, 6.07) is 12.0. The Labute approximate surface area is 215 Å². The van der Waals surface area contributed by atoms with E-state index >= 15 is 0 Å². The topological polar surface area (TPSA) is 106 Å². The summed E-state index contributed by atoms with van der Waals surface area (Å²) < 4.78 is 23.7. The molecule has 2 aromatic carbocycles. The summed E-state index contributed by atoms with van der Waals surface area (Å²) in [5.74, 6) is 6.12. The highest BCUT2D eigenvalue weighted by molar-refractivity contribution is 7.70. The molecule has 0 aliphatic rings. The second-order valence-electron chi connectivity index (χ2n) is 8.33. The van der Waals surface area contributed by atoms with Gasteiger partial charge in [0.25, 0.3) is 5.91 Å². The molecule has 0 unspecified atom stereocenters. The summed E-state index contributed by atoms with van der Waals surface area (Å²) in [4.78, 5) is 22.5. The van der Waals surface area contributed by atoms with E-state index in [-0.39, 0.29) is 16.9 Å². The van der Waals surface area contributed by atoms with Gasteiger partial charge in [0.15, 0.2) is 0 Å². The average Bonchev–Trinajstić information content (AvgIpc) is 2.80. The second-order valence-corrected chi connectivity index (χ2v) is 12.0. The van der Waals surface area contributed by atoms with Crippen LogP contribution in [0.1, 0.15) is 0 Å². The summed E-state index contributed by atoms with van der Waals surface area (Å²) in [6.07, 6.45) is 1.41. The predicted molar refractivity (Wildman–Crippen MR) is 144 cm³/mol. The van der Waals surface area contributed by atoms with Gasteiger partial charge in [0.2, 0.25) is 11.8 Å². The van der Waals surface area contributed by atoms with Crippen LogP contribution in [0.4, 0.5) is 17.3 Å². The molecule has 3 aromatic rings. The van der Waals surface area contributed by atoms with Crippen LogP contribution < -0.4 is 25.4 Å². The maximum absolute atomic E-state index is 12.4. The number of nitrogens with one attached hydrogen (secondary N) is 2. The van der Waals surface area contributed by atoms with Crippen molar-refractivity contribution in [2.24, 2.45) is 0 Å². The van der Waals surface area contributed by atoms with E-state index in [9.17, 15) is 9.36 Å². The van der Waals surface area contributed by atoms with Crippen LogP contribution in [0, 0.1) is 11.8 Å². The summed E-state index contributed by atoms with van der Waals surface area (Å²) in [7, 11) is 2.82. The Kier molecular flexibility index (Phi) is 8.94. The van der Waals surface area contributed by atoms with E-state index in [0.29, 0.717) is 34.7 Å². The molecule has 1 amide bonds. The number of hydrogen-bond acceptors (Lipinski definition) is 8. The summed E-state index contributed by atoms with van der Waals surface area (Å²) in [6.45, 7) is 3.87. The number of amides is 1. The molecule has 188 valence electrons. The van der Waals surface area contributed by atoms with Gasteiger partial charge in [0, 0.05) is 17.1 Å². The molecule has 3 rings (SSSR count). The molecular weight excluding hydrogens is 501 g/mol. The number of methoxy groups -OCH3 is 1. The van der Waals surface area contributed by atoms with Crippen LogP contribution in [0.3, 0.4) is 0 Å². The largest absolute Gasteiger partial charge is 0.495 e. The molecule has 11 heteroatoms. The third-order valence-corrected chi connectivity index (χ3v) is 6.45. The first kappa shape index (κ1) is 27.0. The van der Waals surface area contributed by atoms with E-state index in [1.807, 2.05) is 19.0 Å². The second kappa shape index (κ2) is 11.9. The number of hydrogen-bond donors (Lipinski definition) is 2. The van der Waals surface area contributed by atoms with Gasteiger partial charge in [-0.15, -0.1) is 0 Å². The number of halogens is 1. The Morgan fingerprint density at radius 1 is 1.19 bits per heavy atom. The quantitative estimate of drug-likeness (QED) is 0.327. The van der Waals surface area contributed by atoms with Crippen molar-refractivity contribution in [3.63, 3.8) is 0 Å². The van der Waals surface area contributed by atoms with Crippen molar-refractivity contribution >= 4 is 47.3 Å². The van der Waals surface area contributed by atoms with Gasteiger partial charge in [0.05, 0.1) is 25.5 Å². The zero-order chi connectivity index (χ0) is 26.3. The number of nitrogens with zero attached hydrogens (tertiary/aromatic N) is 3. The summed E-state index contributed by atoms with van der Waals surface area (Å²) >= 11 is 6.26. The minimum absolute atomic E-state index is 0.116. The van der Waals surface area contributed by atoms with Gasteiger partial charge in [-0.05, 0) is 63.7 Å². The first-order valence-corrected chi connectivity index (χ1v) is 13.8. The van der Waals surface area contributed by atoms with E-state index in [1.165, 1.54) is 13.3 Å². The standard InChI is InChI=1S/C25H27ClN5O4P/c1-31(2)13-7-10-23(32)28-17-8-6-9-18(14-17)35-24-20(26)16-27-25(30-24)29-21-12-11-19(36(4,5)33)15-22(21)34-3/h6,8-9,11-12,14-16H,13H2,1-5H3,(H,28,32)(H,27,29,30). The zero-order valence-electron chi connectivity index (χ0n) is 20.6. The van der Waals surface area contributed by atoms with Gasteiger partial charge in [-0.25, -0.2) is 4.98 Å².